The lowest BCUT2D eigenvalue weighted by Gasteiger charge is -2.13. The molecule has 1 N–H and O–H groups in total. The predicted octanol–water partition coefficient (Wildman–Crippen LogP) is 4.70. The maximum absolute atomic E-state index is 12.9. The Hall–Kier alpha value is -3.13. The molecule has 5 nitrogen and oxygen atoms in total. The van der Waals surface area contributed by atoms with Gasteiger partial charge in [0.25, 0.3) is 5.91 Å². The zero-order chi connectivity index (χ0) is 20.3. The number of anilines is 1. The van der Waals surface area contributed by atoms with E-state index >= 15 is 0 Å². The van der Waals surface area contributed by atoms with Gasteiger partial charge in [0.1, 0.15) is 5.15 Å². The summed E-state index contributed by atoms with van der Waals surface area (Å²) in [6.45, 7) is -0.734. The molecule has 0 bridgehead atoms. The normalized spacial score (nSPS) is 11.3. The molecule has 1 aromatic heterocycles. The molecule has 0 fully saturated rings. The fourth-order valence-electron chi connectivity index (χ4n) is 2.47. The van der Waals surface area contributed by atoms with Crippen molar-refractivity contribution in [2.24, 2.45) is 0 Å². The average molecular weight is 409 g/mol. The summed E-state index contributed by atoms with van der Waals surface area (Å²) in [4.78, 5) is 28.1. The lowest BCUT2D eigenvalue weighted by atomic mass is 10.1. The Kier molecular flexibility index (Phi) is 5.51. The molecule has 9 heteroatoms. The summed E-state index contributed by atoms with van der Waals surface area (Å²) >= 11 is 5.79. The smallest absolute Gasteiger partial charge is 0.418 e. The van der Waals surface area contributed by atoms with Crippen LogP contribution in [0.15, 0.2) is 54.6 Å². The molecule has 144 valence electrons. The molecule has 0 saturated carbocycles. The van der Waals surface area contributed by atoms with Gasteiger partial charge in [-0.3, -0.25) is 4.79 Å². The van der Waals surface area contributed by atoms with Crippen LogP contribution in [0.1, 0.15) is 15.9 Å². The van der Waals surface area contributed by atoms with Crippen LogP contribution >= 0.6 is 11.6 Å². The van der Waals surface area contributed by atoms with Crippen LogP contribution < -0.4 is 5.32 Å². The Balaban J connectivity index is 1.65. The molecular weight excluding hydrogens is 397 g/mol. The molecule has 28 heavy (non-hydrogen) atoms. The van der Waals surface area contributed by atoms with Gasteiger partial charge in [-0.05, 0) is 42.5 Å². The third-order valence-corrected chi connectivity index (χ3v) is 3.94. The third kappa shape index (κ3) is 4.58. The lowest BCUT2D eigenvalue weighted by Crippen LogP contribution is -2.22. The second-order valence-corrected chi connectivity index (χ2v) is 6.10. The molecule has 0 aliphatic heterocycles. The summed E-state index contributed by atoms with van der Waals surface area (Å²) in [5.74, 6) is -1.68. The number of esters is 1. The molecule has 0 aliphatic rings. The van der Waals surface area contributed by atoms with Crippen molar-refractivity contribution in [2.45, 2.75) is 6.18 Å². The number of carbonyl (C=O) groups excluding carboxylic acids is 2. The number of amides is 1. The van der Waals surface area contributed by atoms with Crippen LogP contribution in [0.4, 0.5) is 18.9 Å². The minimum atomic E-state index is -4.62. The number of para-hydroxylation sites is 1. The fourth-order valence-corrected chi connectivity index (χ4v) is 2.62. The van der Waals surface area contributed by atoms with Crippen molar-refractivity contribution < 1.29 is 27.5 Å². The quantitative estimate of drug-likeness (QED) is 0.502. The van der Waals surface area contributed by atoms with Crippen LogP contribution in [0, 0.1) is 0 Å². The number of pyridine rings is 1. The molecular formula is C19H12ClF3N2O3. The van der Waals surface area contributed by atoms with Gasteiger partial charge in [-0.15, -0.1) is 0 Å². The number of fused-ring (bicyclic) bond motifs is 1. The zero-order valence-electron chi connectivity index (χ0n) is 14.1. The number of aromatic nitrogens is 1. The van der Waals surface area contributed by atoms with E-state index in [0.717, 1.165) is 12.1 Å². The topological polar surface area (TPSA) is 68.3 Å². The lowest BCUT2D eigenvalue weighted by molar-refractivity contribution is -0.137. The average Bonchev–Trinajstić information content (AvgIpc) is 2.65. The van der Waals surface area contributed by atoms with Crippen molar-refractivity contribution in [1.29, 1.82) is 0 Å². The van der Waals surface area contributed by atoms with Gasteiger partial charge in [-0.1, -0.05) is 23.7 Å². The van der Waals surface area contributed by atoms with Crippen LogP contribution in [0.5, 0.6) is 0 Å². The van der Waals surface area contributed by atoms with Gasteiger partial charge in [0.15, 0.2) is 6.61 Å². The van der Waals surface area contributed by atoms with Gasteiger partial charge in [0.2, 0.25) is 0 Å². The Morgan fingerprint density at radius 1 is 1.07 bits per heavy atom. The minimum Gasteiger partial charge on any atom is -0.452 e. The standard InChI is InChI=1S/C19H12ClF3N2O3/c20-16-8-6-11-9-12(5-7-14(11)24-16)18(27)28-10-17(26)25-15-4-2-1-3-13(15)19(21,22)23/h1-9H,10H2,(H,25,26). The first kappa shape index (κ1) is 19.6. The highest BCUT2D eigenvalue weighted by atomic mass is 35.5. The summed E-state index contributed by atoms with van der Waals surface area (Å²) in [6.07, 6.45) is -4.62. The highest BCUT2D eigenvalue weighted by molar-refractivity contribution is 6.29. The molecule has 1 amide bonds. The second-order valence-electron chi connectivity index (χ2n) is 5.71. The predicted molar refractivity (Wildman–Crippen MR) is 97.1 cm³/mol. The number of hydrogen-bond acceptors (Lipinski definition) is 4. The molecule has 0 atom stereocenters. The summed E-state index contributed by atoms with van der Waals surface area (Å²) < 4.78 is 43.7. The molecule has 3 rings (SSSR count). The number of hydrogen-bond donors (Lipinski definition) is 1. The Labute approximate surface area is 162 Å². The van der Waals surface area contributed by atoms with E-state index in [1.165, 1.54) is 24.3 Å². The van der Waals surface area contributed by atoms with Gasteiger partial charge >= 0.3 is 12.1 Å². The summed E-state index contributed by atoms with van der Waals surface area (Å²) in [5.41, 5.74) is -0.661. The van der Waals surface area contributed by atoms with E-state index in [2.05, 4.69) is 10.3 Å². The first-order valence-electron chi connectivity index (χ1n) is 7.93. The molecule has 0 aliphatic carbocycles. The van der Waals surface area contributed by atoms with Crippen LogP contribution in [-0.2, 0) is 15.7 Å². The molecule has 1 heterocycles. The van der Waals surface area contributed by atoms with E-state index in [-0.39, 0.29) is 5.56 Å². The Morgan fingerprint density at radius 2 is 1.82 bits per heavy atom. The van der Waals surface area contributed by atoms with Crippen molar-refractivity contribution in [3.63, 3.8) is 0 Å². The van der Waals surface area contributed by atoms with E-state index in [0.29, 0.717) is 16.1 Å². The molecule has 0 spiro atoms. The molecule has 2 aromatic carbocycles. The van der Waals surface area contributed by atoms with E-state index in [4.69, 9.17) is 16.3 Å². The summed E-state index contributed by atoms with van der Waals surface area (Å²) in [6, 6.07) is 12.3. The van der Waals surface area contributed by atoms with Crippen molar-refractivity contribution in [1.82, 2.24) is 4.98 Å². The van der Waals surface area contributed by atoms with Gasteiger partial charge in [0.05, 0.1) is 22.3 Å². The molecule has 3 aromatic rings. The van der Waals surface area contributed by atoms with E-state index in [1.54, 1.807) is 18.2 Å². The summed E-state index contributed by atoms with van der Waals surface area (Å²) in [5, 5.41) is 3.04. The number of rotatable bonds is 4. The number of alkyl halides is 3. The second kappa shape index (κ2) is 7.85. The van der Waals surface area contributed by atoms with Gasteiger partial charge in [-0.25, -0.2) is 9.78 Å². The molecule has 0 unspecified atom stereocenters. The van der Waals surface area contributed by atoms with Crippen molar-refractivity contribution >= 4 is 40.1 Å². The van der Waals surface area contributed by atoms with Crippen molar-refractivity contribution in [3.05, 3.63) is 70.9 Å². The Bertz CT molecular complexity index is 1050. The van der Waals surface area contributed by atoms with Crippen LogP contribution in [-0.4, -0.2) is 23.5 Å². The van der Waals surface area contributed by atoms with Crippen molar-refractivity contribution in [2.75, 3.05) is 11.9 Å². The number of nitrogens with zero attached hydrogens (tertiary/aromatic N) is 1. The third-order valence-electron chi connectivity index (χ3n) is 3.73. The number of benzene rings is 2. The van der Waals surface area contributed by atoms with Gasteiger partial charge in [-0.2, -0.15) is 13.2 Å². The van der Waals surface area contributed by atoms with Gasteiger partial charge < -0.3 is 10.1 Å². The maximum Gasteiger partial charge on any atom is 0.418 e. The molecule has 0 radical (unpaired) electrons. The summed E-state index contributed by atoms with van der Waals surface area (Å²) in [7, 11) is 0. The highest BCUT2D eigenvalue weighted by Crippen LogP contribution is 2.34. The van der Waals surface area contributed by atoms with Crippen LogP contribution in [0.2, 0.25) is 5.15 Å². The van der Waals surface area contributed by atoms with Crippen molar-refractivity contribution in [3.8, 4) is 0 Å². The maximum atomic E-state index is 12.9. The Morgan fingerprint density at radius 3 is 2.57 bits per heavy atom. The number of nitrogens with one attached hydrogen (secondary N) is 1. The number of carbonyl (C=O) groups is 2. The first-order chi connectivity index (χ1) is 13.2. The van der Waals surface area contributed by atoms with E-state index in [9.17, 15) is 22.8 Å². The van der Waals surface area contributed by atoms with Crippen LogP contribution in [0.25, 0.3) is 10.9 Å². The number of ether oxygens (including phenoxy) is 1. The zero-order valence-corrected chi connectivity index (χ0v) is 14.8. The number of halogens is 4. The molecule has 0 saturated heterocycles. The monoisotopic (exact) mass is 408 g/mol. The minimum absolute atomic E-state index is 0.167. The van der Waals surface area contributed by atoms with Gasteiger partial charge in [0, 0.05) is 5.39 Å². The first-order valence-corrected chi connectivity index (χ1v) is 8.31. The SMILES string of the molecule is O=C(COC(=O)c1ccc2nc(Cl)ccc2c1)Nc1ccccc1C(F)(F)F. The largest absolute Gasteiger partial charge is 0.452 e. The highest BCUT2D eigenvalue weighted by Gasteiger charge is 2.33. The van der Waals surface area contributed by atoms with E-state index < -0.39 is 35.9 Å². The fraction of sp³-hybridized carbons (Fsp3) is 0.105. The van der Waals surface area contributed by atoms with Crippen LogP contribution in [0.3, 0.4) is 0 Å². The van der Waals surface area contributed by atoms with E-state index in [1.807, 2.05) is 0 Å².